The molecule has 0 bridgehead atoms. The Labute approximate surface area is 248 Å². The van der Waals surface area contributed by atoms with Crippen LogP contribution in [0.25, 0.3) is 0 Å². The summed E-state index contributed by atoms with van der Waals surface area (Å²) >= 11 is 0. The highest BCUT2D eigenvalue weighted by Crippen LogP contribution is 2.41. The van der Waals surface area contributed by atoms with Crippen LogP contribution in [0, 0.1) is 5.82 Å². The fourth-order valence-corrected chi connectivity index (χ4v) is 6.25. The first-order valence-electron chi connectivity index (χ1n) is 13.5. The number of fused-ring (bicyclic) bond motifs is 1. The summed E-state index contributed by atoms with van der Waals surface area (Å²) in [6, 6.07) is 14.0. The van der Waals surface area contributed by atoms with Gasteiger partial charge in [-0.05, 0) is 87.4 Å². The van der Waals surface area contributed by atoms with E-state index in [9.17, 15) is 30.8 Å². The third-order valence-corrected chi connectivity index (χ3v) is 8.25. The average molecular weight is 624 g/mol. The molecule has 0 amide bonds. The molecule has 43 heavy (non-hydrogen) atoms. The number of hydrogen-bond acceptors (Lipinski definition) is 7. The van der Waals surface area contributed by atoms with Crippen molar-refractivity contribution in [2.24, 2.45) is 0 Å². The zero-order valence-electron chi connectivity index (χ0n) is 24.1. The molecule has 4 rings (SSSR count). The van der Waals surface area contributed by atoms with Crippen molar-refractivity contribution in [1.82, 2.24) is 0 Å². The average Bonchev–Trinajstić information content (AvgIpc) is 3.23. The largest absolute Gasteiger partial charge is 0.573 e. The number of hydrogen-bond donors (Lipinski definition) is 2. The maximum Gasteiger partial charge on any atom is 0.573 e. The van der Waals surface area contributed by atoms with Crippen molar-refractivity contribution < 1.29 is 40.2 Å². The van der Waals surface area contributed by atoms with Crippen molar-refractivity contribution in [1.29, 1.82) is 0 Å². The van der Waals surface area contributed by atoms with Gasteiger partial charge in [0.15, 0.2) is 0 Å². The van der Waals surface area contributed by atoms with E-state index < -0.39 is 45.2 Å². The van der Waals surface area contributed by atoms with E-state index >= 15 is 0 Å². The van der Waals surface area contributed by atoms with Crippen LogP contribution in [-0.4, -0.2) is 32.0 Å². The van der Waals surface area contributed by atoms with Gasteiger partial charge in [-0.3, -0.25) is 9.10 Å². The van der Waals surface area contributed by atoms with Crippen molar-refractivity contribution in [3.63, 3.8) is 0 Å². The Morgan fingerprint density at radius 3 is 2.14 bits per heavy atom. The van der Waals surface area contributed by atoms with E-state index in [1.165, 1.54) is 12.1 Å². The van der Waals surface area contributed by atoms with Crippen molar-refractivity contribution in [3.05, 3.63) is 78.1 Å². The van der Waals surface area contributed by atoms with Crippen molar-refractivity contribution >= 4 is 33.1 Å². The quantitative estimate of drug-likeness (QED) is 0.182. The molecular weight excluding hydrogens is 590 g/mol. The van der Waals surface area contributed by atoms with E-state index in [0.29, 0.717) is 23.4 Å². The molecule has 1 atom stereocenters. The number of nitrogens with zero attached hydrogens (tertiary/aromatic N) is 1. The first-order valence-corrected chi connectivity index (χ1v) is 15.0. The molecule has 8 nitrogen and oxygen atoms in total. The molecule has 1 unspecified atom stereocenters. The van der Waals surface area contributed by atoms with Crippen LogP contribution < -0.4 is 19.7 Å². The second kappa shape index (κ2) is 11.9. The molecule has 0 aliphatic carbocycles. The second-order valence-corrected chi connectivity index (χ2v) is 13.1. The van der Waals surface area contributed by atoms with Gasteiger partial charge in [0.2, 0.25) is 0 Å². The lowest BCUT2D eigenvalue weighted by Gasteiger charge is -2.31. The number of halogens is 4. The SMILES string of the molecule is CCCC1(CC(=O)OC(C)(C)C)Nc2ccc(N(Cc3ccc(OC(F)(F)F)cc3)S(=O)(=O)c3ccc(F)cc3)cc2N1. The number of rotatable bonds is 10. The normalized spacial score (nSPS) is 16.6. The van der Waals surface area contributed by atoms with E-state index in [2.05, 4.69) is 15.4 Å². The number of esters is 1. The number of nitrogens with one attached hydrogen (secondary N) is 2. The Kier molecular flexibility index (Phi) is 8.87. The lowest BCUT2D eigenvalue weighted by Crippen LogP contribution is -2.45. The molecule has 13 heteroatoms. The van der Waals surface area contributed by atoms with E-state index in [1.54, 1.807) is 39.0 Å². The Hall–Kier alpha value is -4.00. The number of carbonyl (C=O) groups is 1. The minimum absolute atomic E-state index is 0.00601. The van der Waals surface area contributed by atoms with Crippen LogP contribution in [0.5, 0.6) is 5.75 Å². The third kappa shape index (κ3) is 8.09. The number of ether oxygens (including phenoxy) is 2. The van der Waals surface area contributed by atoms with Crippen LogP contribution in [0.3, 0.4) is 0 Å². The molecule has 0 fully saturated rings. The van der Waals surface area contributed by atoms with Crippen molar-refractivity contribution in [2.75, 3.05) is 14.9 Å². The van der Waals surface area contributed by atoms with Crippen LogP contribution in [-0.2, 0) is 26.1 Å². The van der Waals surface area contributed by atoms with Crippen LogP contribution in [0.15, 0.2) is 71.6 Å². The summed E-state index contributed by atoms with van der Waals surface area (Å²) in [6.45, 7) is 7.05. The molecule has 1 aliphatic heterocycles. The van der Waals surface area contributed by atoms with E-state index in [1.807, 2.05) is 6.92 Å². The first-order chi connectivity index (χ1) is 20.0. The summed E-state index contributed by atoms with van der Waals surface area (Å²) in [5.41, 5.74) is 0.258. The Morgan fingerprint density at radius 2 is 1.56 bits per heavy atom. The van der Waals surface area contributed by atoms with Gasteiger partial charge in [-0.25, -0.2) is 12.8 Å². The smallest absolute Gasteiger partial charge is 0.460 e. The molecule has 1 heterocycles. The van der Waals surface area contributed by atoms with E-state index in [4.69, 9.17) is 4.74 Å². The lowest BCUT2D eigenvalue weighted by atomic mass is 10.0. The molecular formula is C30H33F4N3O5S. The highest BCUT2D eigenvalue weighted by Gasteiger charge is 2.39. The third-order valence-electron chi connectivity index (χ3n) is 6.47. The van der Waals surface area contributed by atoms with Crippen LogP contribution in [0.1, 0.15) is 52.5 Å². The predicted octanol–water partition coefficient (Wildman–Crippen LogP) is 7.19. The number of sulfonamides is 1. The molecule has 1 aliphatic rings. The minimum atomic E-state index is -4.87. The Balaban J connectivity index is 1.69. The molecule has 232 valence electrons. The Morgan fingerprint density at radius 1 is 0.930 bits per heavy atom. The van der Waals surface area contributed by atoms with Gasteiger partial charge in [0.25, 0.3) is 10.0 Å². The van der Waals surface area contributed by atoms with Crippen LogP contribution in [0.2, 0.25) is 0 Å². The molecule has 0 aromatic heterocycles. The monoisotopic (exact) mass is 623 g/mol. The molecule has 2 N–H and O–H groups in total. The van der Waals surface area contributed by atoms with Gasteiger partial charge in [0.1, 0.15) is 22.8 Å². The van der Waals surface area contributed by atoms with Gasteiger partial charge in [0, 0.05) is 0 Å². The number of carbonyl (C=O) groups excluding carboxylic acids is 1. The number of alkyl halides is 3. The fraction of sp³-hybridized carbons (Fsp3) is 0.367. The maximum absolute atomic E-state index is 13.8. The Bertz CT molecular complexity index is 1560. The van der Waals surface area contributed by atoms with Gasteiger partial charge in [-0.15, -0.1) is 13.2 Å². The second-order valence-electron chi connectivity index (χ2n) is 11.2. The minimum Gasteiger partial charge on any atom is -0.460 e. The van der Waals surface area contributed by atoms with E-state index in [0.717, 1.165) is 47.1 Å². The van der Waals surface area contributed by atoms with Crippen LogP contribution in [0.4, 0.5) is 34.6 Å². The zero-order valence-corrected chi connectivity index (χ0v) is 24.9. The van der Waals surface area contributed by atoms with Crippen molar-refractivity contribution in [3.8, 4) is 5.75 Å². The van der Waals surface area contributed by atoms with Gasteiger partial charge in [0.05, 0.1) is 34.9 Å². The molecule has 3 aromatic carbocycles. The van der Waals surface area contributed by atoms with Gasteiger partial charge in [-0.2, -0.15) is 0 Å². The zero-order chi connectivity index (χ0) is 31.6. The number of benzene rings is 3. The predicted molar refractivity (Wildman–Crippen MR) is 155 cm³/mol. The highest BCUT2D eigenvalue weighted by atomic mass is 32.2. The first kappa shape index (κ1) is 31.9. The van der Waals surface area contributed by atoms with Gasteiger partial charge in [-0.1, -0.05) is 25.5 Å². The summed E-state index contributed by atoms with van der Waals surface area (Å²) in [4.78, 5) is 12.6. The summed E-state index contributed by atoms with van der Waals surface area (Å²) in [6.07, 6.45) is -3.59. The highest BCUT2D eigenvalue weighted by molar-refractivity contribution is 7.92. The summed E-state index contributed by atoms with van der Waals surface area (Å²) in [7, 11) is -4.27. The summed E-state index contributed by atoms with van der Waals surface area (Å²) < 4.78 is 89.7. The topological polar surface area (TPSA) is 97.0 Å². The summed E-state index contributed by atoms with van der Waals surface area (Å²) in [5, 5.41) is 6.70. The lowest BCUT2D eigenvalue weighted by molar-refractivity contribution is -0.274. The molecule has 0 saturated heterocycles. The fourth-order valence-electron chi connectivity index (χ4n) is 4.81. The van der Waals surface area contributed by atoms with E-state index in [-0.39, 0.29) is 23.5 Å². The number of anilines is 3. The van der Waals surface area contributed by atoms with Gasteiger partial charge < -0.3 is 20.1 Å². The standard InChI is InChI=1S/C30H33F4N3O5S/c1-5-16-29(18-27(38)42-28(2,3)4)35-25-15-10-22(17-26(25)36-29)37(43(39,40)24-13-8-21(31)9-14-24)19-20-6-11-23(12-7-20)41-30(32,33)34/h6-15,17,35-36H,5,16,18-19H2,1-4H3. The van der Waals surface area contributed by atoms with Gasteiger partial charge >= 0.3 is 12.3 Å². The molecule has 3 aromatic rings. The van der Waals surface area contributed by atoms with Crippen molar-refractivity contribution in [2.45, 2.75) is 76.0 Å². The molecule has 0 spiro atoms. The van der Waals surface area contributed by atoms with Crippen LogP contribution >= 0.6 is 0 Å². The molecule has 0 saturated carbocycles. The summed E-state index contributed by atoms with van der Waals surface area (Å²) in [5.74, 6) is -1.47. The maximum atomic E-state index is 13.8. The molecule has 0 radical (unpaired) electrons.